The summed E-state index contributed by atoms with van der Waals surface area (Å²) in [5.41, 5.74) is 5.96. The van der Waals surface area contributed by atoms with Gasteiger partial charge in [-0.3, -0.25) is 4.79 Å². The van der Waals surface area contributed by atoms with E-state index in [1.54, 1.807) is 6.92 Å². The second-order valence-corrected chi connectivity index (χ2v) is 6.16. The van der Waals surface area contributed by atoms with Gasteiger partial charge in [-0.2, -0.15) is 0 Å². The van der Waals surface area contributed by atoms with Gasteiger partial charge in [0.15, 0.2) is 5.78 Å². The molecular weight excluding hydrogens is 304 g/mol. The number of hydrogen-bond donors (Lipinski definition) is 0. The van der Waals surface area contributed by atoms with Crippen LogP contribution in [0.4, 0.5) is 0 Å². The lowest BCUT2D eigenvalue weighted by Crippen LogP contribution is -1.93. The lowest BCUT2D eigenvalue weighted by Gasteiger charge is -1.97. The van der Waals surface area contributed by atoms with E-state index in [2.05, 4.69) is 44.7 Å². The molecule has 1 nitrogen and oxygen atoms in total. The van der Waals surface area contributed by atoms with Crippen molar-refractivity contribution in [1.82, 2.24) is 0 Å². The Morgan fingerprint density at radius 3 is 1.84 bits per heavy atom. The van der Waals surface area contributed by atoms with Gasteiger partial charge in [-0.25, -0.2) is 0 Å². The number of ketones is 1. The van der Waals surface area contributed by atoms with Gasteiger partial charge in [0.25, 0.3) is 0 Å². The predicted molar refractivity (Wildman–Crippen MR) is 109 cm³/mol. The van der Waals surface area contributed by atoms with Gasteiger partial charge in [-0.15, -0.1) is 0 Å². The highest BCUT2D eigenvalue weighted by Gasteiger charge is 1.99. The van der Waals surface area contributed by atoms with Crippen molar-refractivity contribution in [1.29, 1.82) is 0 Å². The minimum atomic E-state index is 0.137. The van der Waals surface area contributed by atoms with Crippen molar-refractivity contribution in [2.24, 2.45) is 0 Å². The van der Waals surface area contributed by atoms with Gasteiger partial charge < -0.3 is 0 Å². The summed E-state index contributed by atoms with van der Waals surface area (Å²) >= 11 is 0. The monoisotopic (exact) mass is 332 g/mol. The van der Waals surface area contributed by atoms with E-state index in [4.69, 9.17) is 0 Å². The lowest BCUT2D eigenvalue weighted by atomic mass is 10.1. The van der Waals surface area contributed by atoms with Crippen molar-refractivity contribution >= 4 is 5.78 Å². The van der Waals surface area contributed by atoms with Crippen LogP contribution in [-0.2, 0) is 0 Å². The van der Waals surface area contributed by atoms with Crippen molar-refractivity contribution in [2.75, 3.05) is 0 Å². The molecule has 130 valence electrons. The minimum Gasteiger partial charge on any atom is -0.295 e. The van der Waals surface area contributed by atoms with Gasteiger partial charge in [-0.05, 0) is 45.3 Å². The molecule has 25 heavy (non-hydrogen) atoms. The smallest absolute Gasteiger partial charge is 0.160 e. The molecule has 0 saturated carbocycles. The van der Waals surface area contributed by atoms with Crippen molar-refractivity contribution in [3.63, 3.8) is 0 Å². The van der Waals surface area contributed by atoms with E-state index in [0.717, 1.165) is 17.5 Å². The van der Waals surface area contributed by atoms with E-state index in [9.17, 15) is 4.79 Å². The number of aryl methyl sites for hydroxylation is 2. The van der Waals surface area contributed by atoms with E-state index in [0.29, 0.717) is 0 Å². The summed E-state index contributed by atoms with van der Waals surface area (Å²) in [4.78, 5) is 10.9. The van der Waals surface area contributed by atoms with Gasteiger partial charge >= 0.3 is 0 Å². The zero-order valence-corrected chi connectivity index (χ0v) is 15.8. The van der Waals surface area contributed by atoms with Crippen LogP contribution >= 0.6 is 0 Å². The van der Waals surface area contributed by atoms with Gasteiger partial charge in [0, 0.05) is 5.56 Å². The number of carbonyl (C=O) groups excluding carboxylic acids is 1. The highest BCUT2D eigenvalue weighted by Crippen LogP contribution is 2.17. The molecule has 0 heterocycles. The van der Waals surface area contributed by atoms with Gasteiger partial charge in [0.2, 0.25) is 0 Å². The predicted octanol–water partition coefficient (Wildman–Crippen LogP) is 6.64. The summed E-state index contributed by atoms with van der Waals surface area (Å²) in [5.74, 6) is 0.137. The first-order valence-corrected chi connectivity index (χ1v) is 8.51. The maximum absolute atomic E-state index is 10.9. The first-order valence-electron chi connectivity index (χ1n) is 8.51. The van der Waals surface area contributed by atoms with Crippen LogP contribution in [0, 0.1) is 13.8 Å². The normalized spacial score (nSPS) is 11.8. The van der Waals surface area contributed by atoms with Crippen LogP contribution < -0.4 is 0 Å². The molecule has 0 unspecified atom stereocenters. The average molecular weight is 332 g/mol. The molecule has 0 saturated heterocycles. The molecule has 0 radical (unpaired) electrons. The maximum atomic E-state index is 10.9. The summed E-state index contributed by atoms with van der Waals surface area (Å²) in [6.45, 7) is 11.4. The molecule has 0 atom stereocenters. The van der Waals surface area contributed by atoms with E-state index in [1.165, 1.54) is 16.7 Å². The van der Waals surface area contributed by atoms with E-state index < -0.39 is 0 Å². The molecular formula is C24H28O. The summed E-state index contributed by atoms with van der Waals surface area (Å²) in [6.07, 6.45) is 7.26. The van der Waals surface area contributed by atoms with Gasteiger partial charge in [0.05, 0.1) is 0 Å². The van der Waals surface area contributed by atoms with Gasteiger partial charge in [0.1, 0.15) is 0 Å². The summed E-state index contributed by atoms with van der Waals surface area (Å²) in [6, 6.07) is 17.9. The van der Waals surface area contributed by atoms with Crippen molar-refractivity contribution in [3.05, 3.63) is 107 Å². The molecule has 0 amide bonds. The first-order chi connectivity index (χ1) is 11.9. The van der Waals surface area contributed by atoms with Crippen LogP contribution in [0.1, 0.15) is 41.8 Å². The van der Waals surface area contributed by atoms with Crippen LogP contribution in [0.2, 0.25) is 0 Å². The number of rotatable bonds is 2. The van der Waals surface area contributed by atoms with E-state index in [1.807, 2.05) is 55.5 Å². The Hall–Kier alpha value is -2.67. The van der Waals surface area contributed by atoms with Crippen molar-refractivity contribution in [3.8, 4) is 0 Å². The fraction of sp³-hybridized carbons (Fsp3) is 0.208. The van der Waals surface area contributed by atoms with Crippen molar-refractivity contribution < 1.29 is 4.79 Å². The number of carbonyl (C=O) groups is 1. The molecule has 1 heteroatoms. The number of allylic oxidation sites excluding steroid dienone is 5. The molecule has 0 aliphatic heterocycles. The fourth-order valence-electron chi connectivity index (χ4n) is 2.33. The lowest BCUT2D eigenvalue weighted by molar-refractivity contribution is 0.101. The second-order valence-electron chi connectivity index (χ2n) is 6.16. The fourth-order valence-corrected chi connectivity index (χ4v) is 2.33. The second kappa shape index (κ2) is 11.0. The van der Waals surface area contributed by atoms with E-state index in [-0.39, 0.29) is 5.78 Å². The molecule has 3 rings (SSSR count). The first kappa shape index (κ1) is 20.4. The number of Topliss-reactive ketones (excluding diaryl/α,β-unsaturated/α-hetero) is 1. The highest BCUT2D eigenvalue weighted by molar-refractivity contribution is 5.95. The average Bonchev–Trinajstić information content (AvgIpc) is 3.02. The largest absolute Gasteiger partial charge is 0.295 e. The maximum Gasteiger partial charge on any atom is 0.160 e. The SMILES string of the molecule is C=CC1=CC=C(C)C1.CC(=O)c1ccccc1C.Cc1ccccc1. The topological polar surface area (TPSA) is 17.1 Å². The Bertz CT molecular complexity index is 749. The minimum absolute atomic E-state index is 0.137. The van der Waals surface area contributed by atoms with Crippen LogP contribution in [0.3, 0.4) is 0 Å². The molecule has 1 aliphatic carbocycles. The number of hydrogen-bond acceptors (Lipinski definition) is 1. The van der Waals surface area contributed by atoms with E-state index >= 15 is 0 Å². The molecule has 2 aromatic carbocycles. The Morgan fingerprint density at radius 1 is 0.920 bits per heavy atom. The third-order valence-electron chi connectivity index (χ3n) is 3.79. The van der Waals surface area contributed by atoms with Crippen LogP contribution in [0.5, 0.6) is 0 Å². The van der Waals surface area contributed by atoms with Crippen LogP contribution in [0.25, 0.3) is 0 Å². The molecule has 0 N–H and O–H groups in total. The highest BCUT2D eigenvalue weighted by atomic mass is 16.1. The Kier molecular flexibility index (Phi) is 8.95. The standard InChI is InChI=1S/C9H10O.C8H10.C7H8/c1-7-5-3-4-6-9(7)8(2)10;1-3-8-5-4-7(2)6-8;1-7-5-3-2-4-6-7/h3-6H,1-2H3;3-5H,1,6H2,2H3;2-6H,1H3. The molecule has 1 aliphatic rings. The molecule has 0 fully saturated rings. The Balaban J connectivity index is 0.000000191. The third kappa shape index (κ3) is 8.12. The quantitative estimate of drug-likeness (QED) is 0.563. The molecule has 0 bridgehead atoms. The Morgan fingerprint density at radius 2 is 1.52 bits per heavy atom. The summed E-state index contributed by atoms with van der Waals surface area (Å²) in [5, 5.41) is 0. The molecule has 0 aromatic heterocycles. The zero-order chi connectivity index (χ0) is 18.7. The summed E-state index contributed by atoms with van der Waals surface area (Å²) < 4.78 is 0. The Labute approximate surface area is 152 Å². The zero-order valence-electron chi connectivity index (χ0n) is 15.8. The van der Waals surface area contributed by atoms with Crippen molar-refractivity contribution in [2.45, 2.75) is 34.1 Å². The molecule has 0 spiro atoms. The number of benzene rings is 2. The molecule has 2 aromatic rings. The summed E-state index contributed by atoms with van der Waals surface area (Å²) in [7, 11) is 0. The van der Waals surface area contributed by atoms with Gasteiger partial charge in [-0.1, -0.05) is 90.5 Å². The third-order valence-corrected chi connectivity index (χ3v) is 3.79. The van der Waals surface area contributed by atoms with Crippen LogP contribution in [-0.4, -0.2) is 5.78 Å². The van der Waals surface area contributed by atoms with Crippen LogP contribution in [0.15, 0.2) is 90.6 Å².